The van der Waals surface area contributed by atoms with Gasteiger partial charge in [-0.1, -0.05) is 0 Å². The van der Waals surface area contributed by atoms with E-state index < -0.39 is 0 Å². The number of aromatic hydroxyl groups is 2. The van der Waals surface area contributed by atoms with Gasteiger partial charge in [0.15, 0.2) is 0 Å². The molecule has 0 saturated heterocycles. The van der Waals surface area contributed by atoms with Crippen LogP contribution in [0.5, 0.6) is 11.5 Å². The Labute approximate surface area is 117 Å². The highest BCUT2D eigenvalue weighted by Crippen LogP contribution is 2.41. The van der Waals surface area contributed by atoms with Gasteiger partial charge in [-0.2, -0.15) is 0 Å². The highest BCUT2D eigenvalue weighted by Gasteiger charge is 2.16. The number of H-pyrrole nitrogens is 2. The topological polar surface area (TPSA) is 72.0 Å². The number of aromatic amines is 2. The molecule has 6 heteroatoms. The van der Waals surface area contributed by atoms with E-state index in [2.05, 4.69) is 55.1 Å². The van der Waals surface area contributed by atoms with Crippen molar-refractivity contribution in [2.75, 3.05) is 0 Å². The second-order valence-corrected chi connectivity index (χ2v) is 5.83. The molecule has 0 atom stereocenters. The van der Waals surface area contributed by atoms with Crippen LogP contribution in [0.2, 0.25) is 0 Å². The van der Waals surface area contributed by atoms with Crippen molar-refractivity contribution in [2.24, 2.45) is 0 Å². The molecule has 0 aliphatic carbocycles. The van der Waals surface area contributed by atoms with Crippen molar-refractivity contribution < 1.29 is 10.2 Å². The Balaban J connectivity index is 2.63. The van der Waals surface area contributed by atoms with E-state index in [9.17, 15) is 10.2 Å². The quantitative estimate of drug-likeness (QED) is 0.320. The maximum atomic E-state index is 10.1. The Morgan fingerprint density at radius 2 is 1.19 bits per heavy atom. The molecular formula is C10H6I2N2O2. The number of phenols is 2. The minimum Gasteiger partial charge on any atom is -0.505 e. The lowest BCUT2D eigenvalue weighted by Crippen LogP contribution is -1.76. The standard InChI is InChI=1S/C10H6I2N2O2/c11-5-1-3-7(13-5)10(16)4-2-6(12)14-8(4)9(3)15/h1-2,13-16H. The zero-order valence-electron chi connectivity index (χ0n) is 7.81. The Bertz CT molecular complexity index is 600. The SMILES string of the molecule is Oc1c2cc(I)[nH]c2c(O)c2cc(I)[nH]c12. The van der Waals surface area contributed by atoms with E-state index in [1.807, 2.05) is 0 Å². The second kappa shape index (κ2) is 3.42. The van der Waals surface area contributed by atoms with E-state index in [0.29, 0.717) is 21.8 Å². The van der Waals surface area contributed by atoms with Gasteiger partial charge in [-0.3, -0.25) is 0 Å². The average Bonchev–Trinajstić information content (AvgIpc) is 2.78. The normalized spacial score (nSPS) is 11.6. The van der Waals surface area contributed by atoms with Gasteiger partial charge >= 0.3 is 0 Å². The molecule has 0 saturated carbocycles. The van der Waals surface area contributed by atoms with E-state index in [1.54, 1.807) is 12.1 Å². The minimum absolute atomic E-state index is 0.171. The van der Waals surface area contributed by atoms with Crippen LogP contribution < -0.4 is 0 Å². The van der Waals surface area contributed by atoms with Gasteiger partial charge in [0, 0.05) is 10.8 Å². The third kappa shape index (κ3) is 1.32. The zero-order valence-corrected chi connectivity index (χ0v) is 12.1. The average molecular weight is 440 g/mol. The summed E-state index contributed by atoms with van der Waals surface area (Å²) in [7, 11) is 0. The molecule has 0 aliphatic heterocycles. The Morgan fingerprint density at radius 3 is 1.56 bits per heavy atom. The van der Waals surface area contributed by atoms with Crippen LogP contribution in [0.1, 0.15) is 0 Å². The van der Waals surface area contributed by atoms with Crippen molar-refractivity contribution in [3.8, 4) is 11.5 Å². The van der Waals surface area contributed by atoms with Crippen LogP contribution in [0.25, 0.3) is 21.8 Å². The fourth-order valence-electron chi connectivity index (χ4n) is 1.86. The van der Waals surface area contributed by atoms with E-state index >= 15 is 0 Å². The number of aromatic nitrogens is 2. The molecule has 0 aliphatic rings. The molecule has 16 heavy (non-hydrogen) atoms. The van der Waals surface area contributed by atoms with Crippen molar-refractivity contribution in [1.29, 1.82) is 0 Å². The first-order chi connectivity index (χ1) is 7.58. The Kier molecular flexibility index (Phi) is 2.25. The smallest absolute Gasteiger partial charge is 0.149 e. The Hall–Kier alpha value is -0.640. The molecule has 0 fully saturated rings. The number of benzene rings is 1. The van der Waals surface area contributed by atoms with Gasteiger partial charge in [0.25, 0.3) is 0 Å². The highest BCUT2D eigenvalue weighted by molar-refractivity contribution is 14.1. The molecule has 82 valence electrons. The molecule has 0 amide bonds. The second-order valence-electron chi connectivity index (χ2n) is 3.51. The van der Waals surface area contributed by atoms with Crippen LogP contribution in [0.4, 0.5) is 0 Å². The number of hydrogen-bond acceptors (Lipinski definition) is 2. The Morgan fingerprint density at radius 1 is 0.812 bits per heavy atom. The predicted molar refractivity (Wildman–Crippen MR) is 78.9 cm³/mol. The summed E-state index contributed by atoms with van der Waals surface area (Å²) < 4.78 is 1.75. The lowest BCUT2D eigenvalue weighted by molar-refractivity contribution is 0.477. The molecule has 1 aromatic carbocycles. The molecule has 2 aromatic heterocycles. The van der Waals surface area contributed by atoms with E-state index in [1.165, 1.54) is 0 Å². The molecule has 0 bridgehead atoms. The summed E-state index contributed by atoms with van der Waals surface area (Å²) in [5.41, 5.74) is 1.15. The first-order valence-corrected chi connectivity index (χ1v) is 6.64. The molecule has 2 heterocycles. The summed E-state index contributed by atoms with van der Waals surface area (Å²) in [6.45, 7) is 0. The van der Waals surface area contributed by atoms with Crippen molar-refractivity contribution >= 4 is 67.0 Å². The molecule has 0 spiro atoms. The third-order valence-corrected chi connectivity index (χ3v) is 3.72. The maximum absolute atomic E-state index is 10.1. The van der Waals surface area contributed by atoms with Crippen molar-refractivity contribution in [3.63, 3.8) is 0 Å². The fraction of sp³-hybridized carbons (Fsp3) is 0. The number of fused-ring (bicyclic) bond motifs is 2. The number of hydrogen-bond donors (Lipinski definition) is 4. The molecule has 3 rings (SSSR count). The first-order valence-electron chi connectivity index (χ1n) is 4.48. The van der Waals surface area contributed by atoms with Gasteiger partial charge in [-0.05, 0) is 57.3 Å². The third-order valence-electron chi connectivity index (χ3n) is 2.55. The summed E-state index contributed by atoms with van der Waals surface area (Å²) in [5, 5.41) is 21.4. The van der Waals surface area contributed by atoms with Crippen LogP contribution in [0.15, 0.2) is 12.1 Å². The fourth-order valence-corrected chi connectivity index (χ4v) is 3.02. The lowest BCUT2D eigenvalue weighted by atomic mass is 10.1. The summed E-state index contributed by atoms with van der Waals surface area (Å²) in [5.74, 6) is 0.342. The van der Waals surface area contributed by atoms with Crippen molar-refractivity contribution in [3.05, 3.63) is 19.5 Å². The van der Waals surface area contributed by atoms with E-state index in [-0.39, 0.29) is 11.5 Å². The van der Waals surface area contributed by atoms with Crippen LogP contribution in [-0.2, 0) is 0 Å². The number of nitrogens with one attached hydrogen (secondary N) is 2. The summed E-state index contributed by atoms with van der Waals surface area (Å²) >= 11 is 4.22. The molecule has 4 N–H and O–H groups in total. The molecule has 0 unspecified atom stereocenters. The van der Waals surface area contributed by atoms with Gasteiger partial charge in [-0.15, -0.1) is 0 Å². The van der Waals surface area contributed by atoms with Gasteiger partial charge in [0.1, 0.15) is 11.5 Å². The zero-order chi connectivity index (χ0) is 11.4. The highest BCUT2D eigenvalue weighted by atomic mass is 127. The van der Waals surface area contributed by atoms with Gasteiger partial charge in [-0.25, -0.2) is 0 Å². The van der Waals surface area contributed by atoms with Crippen molar-refractivity contribution in [2.45, 2.75) is 0 Å². The van der Waals surface area contributed by atoms with Crippen molar-refractivity contribution in [1.82, 2.24) is 9.97 Å². The number of halogens is 2. The largest absolute Gasteiger partial charge is 0.505 e. The lowest BCUT2D eigenvalue weighted by Gasteiger charge is -2.01. The van der Waals surface area contributed by atoms with Crippen LogP contribution in [0.3, 0.4) is 0 Å². The summed E-state index contributed by atoms with van der Waals surface area (Å²) in [6, 6.07) is 3.61. The maximum Gasteiger partial charge on any atom is 0.149 e. The molecule has 3 aromatic rings. The van der Waals surface area contributed by atoms with E-state index in [4.69, 9.17) is 0 Å². The van der Waals surface area contributed by atoms with Gasteiger partial charge < -0.3 is 20.2 Å². The van der Waals surface area contributed by atoms with Crippen LogP contribution in [0, 0.1) is 7.40 Å². The van der Waals surface area contributed by atoms with Gasteiger partial charge in [0.05, 0.1) is 18.4 Å². The monoisotopic (exact) mass is 440 g/mol. The summed E-state index contributed by atoms with van der Waals surface area (Å²) in [4.78, 5) is 6.06. The van der Waals surface area contributed by atoms with Crippen LogP contribution >= 0.6 is 45.2 Å². The number of rotatable bonds is 0. The van der Waals surface area contributed by atoms with Gasteiger partial charge in [0.2, 0.25) is 0 Å². The molecular weight excluding hydrogens is 434 g/mol. The molecule has 4 nitrogen and oxygen atoms in total. The predicted octanol–water partition coefficient (Wildman–Crippen LogP) is 3.27. The first kappa shape index (κ1) is 10.5. The summed E-state index contributed by atoms with van der Waals surface area (Å²) in [6.07, 6.45) is 0. The number of phenolic OH excluding ortho intramolecular Hbond substituents is 2. The minimum atomic E-state index is 0.171. The van der Waals surface area contributed by atoms with E-state index in [0.717, 1.165) is 7.40 Å². The molecule has 0 radical (unpaired) electrons. The van der Waals surface area contributed by atoms with Crippen LogP contribution in [-0.4, -0.2) is 20.2 Å².